The van der Waals surface area contributed by atoms with E-state index in [0.717, 1.165) is 21.0 Å². The van der Waals surface area contributed by atoms with Crippen molar-refractivity contribution < 1.29 is 17.9 Å². The number of carbonyl (C=O) groups is 1. The fourth-order valence-corrected chi connectivity index (χ4v) is 3.59. The van der Waals surface area contributed by atoms with Gasteiger partial charge in [0, 0.05) is 13.1 Å². The van der Waals surface area contributed by atoms with E-state index in [2.05, 4.69) is 4.72 Å². The van der Waals surface area contributed by atoms with Crippen molar-refractivity contribution >= 4 is 16.2 Å². The van der Waals surface area contributed by atoms with Gasteiger partial charge >= 0.3 is 5.97 Å². The van der Waals surface area contributed by atoms with Gasteiger partial charge in [-0.05, 0) is 16.7 Å². The SMILES string of the molecule is O=C(CN1CCNS1(=O)=O)OCc1ccc(-c2ccccc2)cc1. The van der Waals surface area contributed by atoms with Gasteiger partial charge in [-0.2, -0.15) is 12.7 Å². The summed E-state index contributed by atoms with van der Waals surface area (Å²) >= 11 is 0. The van der Waals surface area contributed by atoms with Crippen molar-refractivity contribution in [3.05, 3.63) is 60.2 Å². The summed E-state index contributed by atoms with van der Waals surface area (Å²) in [5, 5.41) is 0. The molecule has 6 nitrogen and oxygen atoms in total. The summed E-state index contributed by atoms with van der Waals surface area (Å²) in [4.78, 5) is 11.8. The molecule has 7 heteroatoms. The molecule has 0 spiro atoms. The lowest BCUT2D eigenvalue weighted by atomic mass is 10.0. The Kier molecular flexibility index (Phi) is 4.94. The van der Waals surface area contributed by atoms with E-state index < -0.39 is 16.2 Å². The molecule has 0 bridgehead atoms. The van der Waals surface area contributed by atoms with Gasteiger partial charge in [-0.1, -0.05) is 54.6 Å². The molecule has 0 amide bonds. The number of hydrogen-bond acceptors (Lipinski definition) is 4. The molecule has 0 aliphatic carbocycles. The summed E-state index contributed by atoms with van der Waals surface area (Å²) in [6.07, 6.45) is 0. The van der Waals surface area contributed by atoms with Crippen molar-refractivity contribution in [2.75, 3.05) is 19.6 Å². The summed E-state index contributed by atoms with van der Waals surface area (Å²) in [6, 6.07) is 17.7. The highest BCUT2D eigenvalue weighted by Gasteiger charge is 2.29. The van der Waals surface area contributed by atoms with E-state index in [1.807, 2.05) is 54.6 Å². The molecule has 0 radical (unpaired) electrons. The monoisotopic (exact) mass is 346 g/mol. The molecule has 1 N–H and O–H groups in total. The van der Waals surface area contributed by atoms with Crippen molar-refractivity contribution in [2.24, 2.45) is 0 Å². The number of ether oxygens (including phenoxy) is 1. The fraction of sp³-hybridized carbons (Fsp3) is 0.235. The summed E-state index contributed by atoms with van der Waals surface area (Å²) in [6.45, 7) is 0.451. The van der Waals surface area contributed by atoms with Crippen LogP contribution in [0.25, 0.3) is 11.1 Å². The molecule has 1 aliphatic rings. The van der Waals surface area contributed by atoms with Gasteiger partial charge in [-0.25, -0.2) is 4.72 Å². The zero-order valence-corrected chi connectivity index (χ0v) is 13.8. The van der Waals surface area contributed by atoms with Gasteiger partial charge in [0.05, 0.1) is 0 Å². The van der Waals surface area contributed by atoms with Gasteiger partial charge in [-0.3, -0.25) is 4.79 Å². The molecular weight excluding hydrogens is 328 g/mol. The first-order valence-corrected chi connectivity index (χ1v) is 9.03. The van der Waals surface area contributed by atoms with Gasteiger partial charge in [0.15, 0.2) is 0 Å². The lowest BCUT2D eigenvalue weighted by Crippen LogP contribution is -2.34. The van der Waals surface area contributed by atoms with Gasteiger partial charge in [-0.15, -0.1) is 0 Å². The van der Waals surface area contributed by atoms with E-state index in [4.69, 9.17) is 4.74 Å². The van der Waals surface area contributed by atoms with Crippen LogP contribution in [0.4, 0.5) is 0 Å². The van der Waals surface area contributed by atoms with Crippen LogP contribution in [-0.4, -0.2) is 38.3 Å². The van der Waals surface area contributed by atoms with Gasteiger partial charge in [0.2, 0.25) is 0 Å². The van der Waals surface area contributed by atoms with Crippen LogP contribution >= 0.6 is 0 Å². The molecule has 126 valence electrons. The number of hydrogen-bond donors (Lipinski definition) is 1. The third-order valence-electron chi connectivity index (χ3n) is 3.75. The number of benzene rings is 2. The van der Waals surface area contributed by atoms with Crippen LogP contribution in [0.3, 0.4) is 0 Å². The number of esters is 1. The predicted molar refractivity (Wildman–Crippen MR) is 90.2 cm³/mol. The van der Waals surface area contributed by atoms with Crippen LogP contribution < -0.4 is 4.72 Å². The first-order valence-electron chi connectivity index (χ1n) is 7.59. The van der Waals surface area contributed by atoms with E-state index >= 15 is 0 Å². The summed E-state index contributed by atoms with van der Waals surface area (Å²) in [5.74, 6) is -0.561. The van der Waals surface area contributed by atoms with Crippen LogP contribution in [0.1, 0.15) is 5.56 Å². The van der Waals surface area contributed by atoms with Crippen molar-refractivity contribution in [1.29, 1.82) is 0 Å². The number of nitrogens with zero attached hydrogens (tertiary/aromatic N) is 1. The van der Waals surface area contributed by atoms with Crippen LogP contribution in [0.15, 0.2) is 54.6 Å². The lowest BCUT2D eigenvalue weighted by molar-refractivity contribution is -0.145. The second-order valence-electron chi connectivity index (χ2n) is 5.46. The highest BCUT2D eigenvalue weighted by atomic mass is 32.2. The van der Waals surface area contributed by atoms with Crippen molar-refractivity contribution in [1.82, 2.24) is 9.03 Å². The average Bonchev–Trinajstić information content (AvgIpc) is 2.92. The molecule has 1 fully saturated rings. The first-order chi connectivity index (χ1) is 11.5. The predicted octanol–water partition coefficient (Wildman–Crippen LogP) is 1.55. The number of rotatable bonds is 5. The molecule has 1 aliphatic heterocycles. The highest BCUT2D eigenvalue weighted by molar-refractivity contribution is 7.87. The second kappa shape index (κ2) is 7.12. The van der Waals surface area contributed by atoms with E-state index in [1.165, 1.54) is 0 Å². The first kappa shape index (κ1) is 16.6. The Balaban J connectivity index is 1.54. The molecule has 1 heterocycles. The van der Waals surface area contributed by atoms with E-state index in [-0.39, 0.29) is 19.7 Å². The largest absolute Gasteiger partial charge is 0.460 e. The van der Waals surface area contributed by atoms with Crippen molar-refractivity contribution in [3.63, 3.8) is 0 Å². The third-order valence-corrected chi connectivity index (χ3v) is 5.31. The van der Waals surface area contributed by atoms with E-state index in [9.17, 15) is 13.2 Å². The molecular formula is C17H18N2O4S. The summed E-state index contributed by atoms with van der Waals surface area (Å²) in [5.41, 5.74) is 3.05. The van der Waals surface area contributed by atoms with Gasteiger partial charge in [0.1, 0.15) is 13.2 Å². The maximum atomic E-state index is 11.8. The Morgan fingerprint density at radius 2 is 1.71 bits per heavy atom. The topological polar surface area (TPSA) is 75.7 Å². The molecule has 0 aromatic heterocycles. The van der Waals surface area contributed by atoms with Gasteiger partial charge in [0.25, 0.3) is 10.2 Å². The number of nitrogens with one attached hydrogen (secondary N) is 1. The Labute approximate surface area is 141 Å². The van der Waals surface area contributed by atoms with Crippen LogP contribution in [0.5, 0.6) is 0 Å². The summed E-state index contributed by atoms with van der Waals surface area (Å²) in [7, 11) is -3.52. The summed E-state index contributed by atoms with van der Waals surface area (Å²) < 4.78 is 31.7. The minimum absolute atomic E-state index is 0.120. The maximum absolute atomic E-state index is 11.8. The molecule has 3 rings (SSSR count). The normalized spacial score (nSPS) is 16.8. The van der Waals surface area contributed by atoms with Crippen LogP contribution in [-0.2, 0) is 26.3 Å². The van der Waals surface area contributed by atoms with Gasteiger partial charge < -0.3 is 4.74 Å². The zero-order valence-electron chi connectivity index (χ0n) is 13.0. The second-order valence-corrected chi connectivity index (χ2v) is 7.21. The molecule has 0 atom stereocenters. The average molecular weight is 346 g/mol. The van der Waals surface area contributed by atoms with Crippen LogP contribution in [0, 0.1) is 0 Å². The third kappa shape index (κ3) is 4.00. The zero-order chi connectivity index (χ0) is 17.0. The fourth-order valence-electron chi connectivity index (χ4n) is 2.45. The Hall–Kier alpha value is -2.22. The standard InChI is InChI=1S/C17H18N2O4S/c20-17(12-19-11-10-18-24(19,21)22)23-13-14-6-8-16(9-7-14)15-4-2-1-3-5-15/h1-9,18H,10-13H2. The maximum Gasteiger partial charge on any atom is 0.321 e. The molecule has 1 saturated heterocycles. The molecule has 0 unspecified atom stereocenters. The molecule has 2 aromatic rings. The molecule has 24 heavy (non-hydrogen) atoms. The highest BCUT2D eigenvalue weighted by Crippen LogP contribution is 2.19. The van der Waals surface area contributed by atoms with Crippen molar-refractivity contribution in [3.8, 4) is 11.1 Å². The Morgan fingerprint density at radius 3 is 2.33 bits per heavy atom. The smallest absolute Gasteiger partial charge is 0.321 e. The van der Waals surface area contributed by atoms with E-state index in [1.54, 1.807) is 0 Å². The lowest BCUT2D eigenvalue weighted by Gasteiger charge is -2.12. The Morgan fingerprint density at radius 1 is 1.04 bits per heavy atom. The van der Waals surface area contributed by atoms with E-state index in [0.29, 0.717) is 6.54 Å². The van der Waals surface area contributed by atoms with Crippen LogP contribution in [0.2, 0.25) is 0 Å². The Bertz CT molecular complexity index is 804. The number of carbonyl (C=O) groups excluding carboxylic acids is 1. The molecule has 0 saturated carbocycles. The van der Waals surface area contributed by atoms with Crippen molar-refractivity contribution in [2.45, 2.75) is 6.61 Å². The minimum atomic E-state index is -3.52. The molecule has 2 aromatic carbocycles. The minimum Gasteiger partial charge on any atom is -0.460 e. The quantitative estimate of drug-likeness (QED) is 0.834.